The van der Waals surface area contributed by atoms with Gasteiger partial charge in [-0.3, -0.25) is 4.79 Å². The molecule has 0 atom stereocenters. The van der Waals surface area contributed by atoms with E-state index in [2.05, 4.69) is 5.32 Å². The molecule has 2 nitrogen and oxygen atoms in total. The summed E-state index contributed by atoms with van der Waals surface area (Å²) in [5.41, 5.74) is 2.59. The van der Waals surface area contributed by atoms with Gasteiger partial charge in [0.05, 0.1) is 5.56 Å². The summed E-state index contributed by atoms with van der Waals surface area (Å²) in [6, 6.07) is 8.40. The number of carbonyl (C=O) groups is 1. The van der Waals surface area contributed by atoms with E-state index >= 15 is 0 Å². The lowest BCUT2D eigenvalue weighted by molar-refractivity contribution is 0.103. The molecule has 0 amide bonds. The molecule has 2 aromatic carbocycles. The fraction of sp³-hybridized carbons (Fsp3) is 0.188. The van der Waals surface area contributed by atoms with E-state index in [0.717, 1.165) is 30.7 Å². The maximum Gasteiger partial charge on any atom is 0.195 e. The van der Waals surface area contributed by atoms with Crippen LogP contribution in [0, 0.1) is 11.6 Å². The van der Waals surface area contributed by atoms with Crippen LogP contribution < -0.4 is 5.32 Å². The van der Waals surface area contributed by atoms with E-state index < -0.39 is 17.4 Å². The zero-order valence-electron chi connectivity index (χ0n) is 10.7. The smallest absolute Gasteiger partial charge is 0.195 e. The van der Waals surface area contributed by atoms with Crippen LogP contribution in [0.3, 0.4) is 0 Å². The molecular formula is C16H13F2NO. The zero-order chi connectivity index (χ0) is 14.1. The minimum Gasteiger partial charge on any atom is -0.312 e. The van der Waals surface area contributed by atoms with Crippen LogP contribution in [0.25, 0.3) is 0 Å². The van der Waals surface area contributed by atoms with Gasteiger partial charge in [0.2, 0.25) is 0 Å². The highest BCUT2D eigenvalue weighted by molar-refractivity contribution is 6.09. The number of benzene rings is 2. The molecule has 0 aliphatic carbocycles. The maximum absolute atomic E-state index is 13.7. The molecule has 4 heteroatoms. The van der Waals surface area contributed by atoms with Crippen molar-refractivity contribution in [2.45, 2.75) is 13.0 Å². The van der Waals surface area contributed by atoms with Crippen molar-refractivity contribution in [2.24, 2.45) is 0 Å². The Morgan fingerprint density at radius 2 is 1.90 bits per heavy atom. The van der Waals surface area contributed by atoms with Crippen LogP contribution in [-0.2, 0) is 13.0 Å². The van der Waals surface area contributed by atoms with E-state index in [4.69, 9.17) is 0 Å². The molecule has 0 aromatic heterocycles. The highest BCUT2D eigenvalue weighted by Gasteiger charge is 2.17. The van der Waals surface area contributed by atoms with Gasteiger partial charge in [-0.2, -0.15) is 0 Å². The van der Waals surface area contributed by atoms with E-state index in [0.29, 0.717) is 12.1 Å². The first kappa shape index (κ1) is 12.9. The lowest BCUT2D eigenvalue weighted by Crippen LogP contribution is -2.23. The predicted molar refractivity (Wildman–Crippen MR) is 71.6 cm³/mol. The molecule has 0 unspecified atom stereocenters. The fourth-order valence-electron chi connectivity index (χ4n) is 2.45. The Hall–Kier alpha value is -2.07. The number of ketones is 1. The van der Waals surface area contributed by atoms with Gasteiger partial charge in [-0.1, -0.05) is 12.1 Å². The summed E-state index contributed by atoms with van der Waals surface area (Å²) in [5, 5.41) is 3.23. The number of fused-ring (bicyclic) bond motifs is 1. The third kappa shape index (κ3) is 2.34. The van der Waals surface area contributed by atoms with Crippen molar-refractivity contribution < 1.29 is 13.6 Å². The molecule has 0 bridgehead atoms. The second kappa shape index (κ2) is 5.13. The highest BCUT2D eigenvalue weighted by Crippen LogP contribution is 2.20. The first-order chi connectivity index (χ1) is 9.65. The molecule has 0 spiro atoms. The third-order valence-electron chi connectivity index (χ3n) is 3.53. The Bertz CT molecular complexity index is 682. The molecule has 1 aliphatic heterocycles. The number of carbonyl (C=O) groups excluding carboxylic acids is 1. The van der Waals surface area contributed by atoms with Gasteiger partial charge >= 0.3 is 0 Å². The Kier molecular flexibility index (Phi) is 3.32. The summed E-state index contributed by atoms with van der Waals surface area (Å²) in [5.74, 6) is -1.93. The van der Waals surface area contributed by atoms with Crippen LogP contribution in [-0.4, -0.2) is 12.3 Å². The molecule has 0 saturated heterocycles. The maximum atomic E-state index is 13.7. The van der Waals surface area contributed by atoms with Crippen LogP contribution in [0.15, 0.2) is 36.4 Å². The lowest BCUT2D eigenvalue weighted by Gasteiger charge is -2.17. The summed E-state index contributed by atoms with van der Waals surface area (Å²) in [4.78, 5) is 12.3. The molecule has 102 valence electrons. The van der Waals surface area contributed by atoms with Crippen LogP contribution in [0.1, 0.15) is 27.0 Å². The molecule has 0 fully saturated rings. The Morgan fingerprint density at radius 3 is 2.70 bits per heavy atom. The summed E-state index contributed by atoms with van der Waals surface area (Å²) in [6.45, 7) is 1.63. The summed E-state index contributed by atoms with van der Waals surface area (Å²) < 4.78 is 26.5. The van der Waals surface area contributed by atoms with Crippen LogP contribution in [0.4, 0.5) is 8.78 Å². The standard InChI is InChI=1S/C16H13F2NO/c17-13-3-4-14(15(18)8-13)16(20)11-2-1-10-5-6-19-9-12(10)7-11/h1-4,7-8,19H,5-6,9H2. The van der Waals surface area contributed by atoms with Crippen molar-refractivity contribution >= 4 is 5.78 Å². The molecule has 2 aromatic rings. The molecule has 0 saturated carbocycles. The summed E-state index contributed by atoms with van der Waals surface area (Å²) in [6.07, 6.45) is 0.925. The summed E-state index contributed by atoms with van der Waals surface area (Å²) in [7, 11) is 0. The van der Waals surface area contributed by atoms with Gasteiger partial charge in [-0.15, -0.1) is 0 Å². The third-order valence-corrected chi connectivity index (χ3v) is 3.53. The van der Waals surface area contributed by atoms with Crippen molar-refractivity contribution in [3.8, 4) is 0 Å². The first-order valence-electron chi connectivity index (χ1n) is 6.47. The van der Waals surface area contributed by atoms with Crippen molar-refractivity contribution in [3.05, 3.63) is 70.3 Å². The van der Waals surface area contributed by atoms with Gasteiger partial charge in [0.1, 0.15) is 11.6 Å². The normalized spacial score (nSPS) is 13.9. The van der Waals surface area contributed by atoms with Crippen molar-refractivity contribution in [2.75, 3.05) is 6.54 Å². The molecule has 1 N–H and O–H groups in total. The molecule has 20 heavy (non-hydrogen) atoms. The largest absolute Gasteiger partial charge is 0.312 e. The Morgan fingerprint density at radius 1 is 1.05 bits per heavy atom. The fourth-order valence-corrected chi connectivity index (χ4v) is 2.45. The van der Waals surface area contributed by atoms with Crippen molar-refractivity contribution in [1.29, 1.82) is 0 Å². The molecular weight excluding hydrogens is 260 g/mol. The SMILES string of the molecule is O=C(c1ccc2c(c1)CNCC2)c1ccc(F)cc1F. The number of hydrogen-bond acceptors (Lipinski definition) is 2. The second-order valence-corrected chi connectivity index (χ2v) is 4.86. The van der Waals surface area contributed by atoms with Gasteiger partial charge in [0.25, 0.3) is 0 Å². The van der Waals surface area contributed by atoms with E-state index in [1.54, 1.807) is 12.1 Å². The van der Waals surface area contributed by atoms with Gasteiger partial charge in [-0.05, 0) is 42.3 Å². The number of nitrogens with one attached hydrogen (secondary N) is 1. The zero-order valence-corrected chi connectivity index (χ0v) is 10.7. The van der Waals surface area contributed by atoms with Crippen LogP contribution >= 0.6 is 0 Å². The van der Waals surface area contributed by atoms with Crippen molar-refractivity contribution in [3.63, 3.8) is 0 Å². The number of halogens is 2. The summed E-state index contributed by atoms with van der Waals surface area (Å²) >= 11 is 0. The quantitative estimate of drug-likeness (QED) is 0.852. The van der Waals surface area contributed by atoms with Crippen molar-refractivity contribution in [1.82, 2.24) is 5.32 Å². The first-order valence-corrected chi connectivity index (χ1v) is 6.47. The predicted octanol–water partition coefficient (Wildman–Crippen LogP) is 2.84. The number of rotatable bonds is 2. The average molecular weight is 273 g/mol. The molecule has 0 radical (unpaired) electrons. The molecule has 1 heterocycles. The van der Waals surface area contributed by atoms with E-state index in [9.17, 15) is 13.6 Å². The topological polar surface area (TPSA) is 29.1 Å². The van der Waals surface area contributed by atoms with Gasteiger partial charge in [0.15, 0.2) is 5.78 Å². The monoisotopic (exact) mass is 273 g/mol. The highest BCUT2D eigenvalue weighted by atomic mass is 19.1. The van der Waals surface area contributed by atoms with Crippen LogP contribution in [0.2, 0.25) is 0 Å². The van der Waals surface area contributed by atoms with Gasteiger partial charge in [0, 0.05) is 18.2 Å². The lowest BCUT2D eigenvalue weighted by atomic mass is 9.95. The number of hydrogen-bond donors (Lipinski definition) is 1. The van der Waals surface area contributed by atoms with Gasteiger partial charge in [-0.25, -0.2) is 8.78 Å². The second-order valence-electron chi connectivity index (χ2n) is 4.86. The Balaban J connectivity index is 1.98. The van der Waals surface area contributed by atoms with E-state index in [1.807, 2.05) is 6.07 Å². The molecule has 1 aliphatic rings. The average Bonchev–Trinajstić information content (AvgIpc) is 2.46. The minimum atomic E-state index is -0.828. The van der Waals surface area contributed by atoms with Crippen LogP contribution in [0.5, 0.6) is 0 Å². The molecule has 3 rings (SSSR count). The van der Waals surface area contributed by atoms with E-state index in [1.165, 1.54) is 11.6 Å². The van der Waals surface area contributed by atoms with E-state index in [-0.39, 0.29) is 5.56 Å². The van der Waals surface area contributed by atoms with Gasteiger partial charge < -0.3 is 5.32 Å². The Labute approximate surface area is 115 Å². The minimum absolute atomic E-state index is 0.102.